The van der Waals surface area contributed by atoms with Crippen LogP contribution in [0.2, 0.25) is 0 Å². The zero-order chi connectivity index (χ0) is 7.11. The van der Waals surface area contributed by atoms with Gasteiger partial charge >= 0.3 is 0 Å². The van der Waals surface area contributed by atoms with Crippen molar-refractivity contribution in [1.82, 2.24) is 0 Å². The second-order valence-electron chi connectivity index (χ2n) is 1.35. The van der Waals surface area contributed by atoms with E-state index in [2.05, 4.69) is 14.2 Å². The maximum atomic E-state index is 9.69. The van der Waals surface area contributed by atoms with Crippen LogP contribution in [0.3, 0.4) is 0 Å². The maximum absolute atomic E-state index is 9.69. The van der Waals surface area contributed by atoms with Crippen LogP contribution in [0.15, 0.2) is 0 Å². The predicted octanol–water partition coefficient (Wildman–Crippen LogP) is -0.222. The van der Waals surface area contributed by atoms with E-state index in [1.165, 1.54) is 14.2 Å². The van der Waals surface area contributed by atoms with Crippen LogP contribution in [0.25, 0.3) is 0 Å². The first-order chi connectivity index (χ1) is 4.35. The highest BCUT2D eigenvalue weighted by Crippen LogP contribution is 1.89. The van der Waals surface area contributed by atoms with Crippen LogP contribution in [-0.4, -0.2) is 33.6 Å². The van der Waals surface area contributed by atoms with E-state index >= 15 is 0 Å². The van der Waals surface area contributed by atoms with E-state index in [0.717, 1.165) is 0 Å². The smallest absolute Gasteiger partial charge is 0.295 e. The Kier molecular flexibility index (Phi) is 5.15. The van der Waals surface area contributed by atoms with Crippen molar-refractivity contribution in [3.8, 4) is 0 Å². The topological polar surface area (TPSA) is 44.8 Å². The van der Waals surface area contributed by atoms with Gasteiger partial charge in [0.2, 0.25) is 6.29 Å². The third-order valence-electron chi connectivity index (χ3n) is 0.773. The molecule has 0 saturated heterocycles. The van der Waals surface area contributed by atoms with Crippen molar-refractivity contribution in [2.45, 2.75) is 6.29 Å². The molecule has 1 atom stereocenters. The van der Waals surface area contributed by atoms with E-state index in [0.29, 0.717) is 6.47 Å². The summed E-state index contributed by atoms with van der Waals surface area (Å²) in [4.78, 5) is 9.69. The molecule has 1 unspecified atom stereocenters. The fourth-order valence-electron chi connectivity index (χ4n) is 0.361. The van der Waals surface area contributed by atoms with Gasteiger partial charge in [-0.1, -0.05) is 0 Å². The number of carbonyl (C=O) groups excluding carboxylic acids is 1. The molecular weight excluding hydrogens is 124 g/mol. The van der Waals surface area contributed by atoms with Crippen LogP contribution < -0.4 is 0 Å². The molecule has 4 heteroatoms. The molecule has 0 heterocycles. The SMILES string of the molecule is COCC(OC)OC=O. The lowest BCUT2D eigenvalue weighted by atomic mass is 10.7. The Bertz CT molecular complexity index is 73.4. The van der Waals surface area contributed by atoms with E-state index in [1.54, 1.807) is 0 Å². The predicted molar refractivity (Wildman–Crippen MR) is 29.8 cm³/mol. The molecular formula is C5H10O4. The molecule has 0 aromatic heterocycles. The van der Waals surface area contributed by atoms with Gasteiger partial charge in [0, 0.05) is 14.2 Å². The summed E-state index contributed by atoms with van der Waals surface area (Å²) in [7, 11) is 2.94. The fraction of sp³-hybridized carbons (Fsp3) is 0.800. The summed E-state index contributed by atoms with van der Waals surface area (Å²) in [5.41, 5.74) is 0. The lowest BCUT2D eigenvalue weighted by Crippen LogP contribution is -2.20. The molecule has 0 aliphatic carbocycles. The Morgan fingerprint density at radius 1 is 1.56 bits per heavy atom. The van der Waals surface area contributed by atoms with Crippen molar-refractivity contribution in [3.05, 3.63) is 0 Å². The summed E-state index contributed by atoms with van der Waals surface area (Å²) in [6.45, 7) is 0.586. The highest BCUT2D eigenvalue weighted by Gasteiger charge is 2.03. The number of ether oxygens (including phenoxy) is 3. The van der Waals surface area contributed by atoms with Gasteiger partial charge in [-0.3, -0.25) is 4.79 Å². The third kappa shape index (κ3) is 3.93. The van der Waals surface area contributed by atoms with Crippen molar-refractivity contribution < 1.29 is 19.0 Å². The van der Waals surface area contributed by atoms with Crippen LogP contribution >= 0.6 is 0 Å². The Labute approximate surface area is 53.7 Å². The summed E-state index contributed by atoms with van der Waals surface area (Å²) in [6, 6.07) is 0. The van der Waals surface area contributed by atoms with Crippen LogP contribution in [-0.2, 0) is 19.0 Å². The molecule has 0 aliphatic heterocycles. The van der Waals surface area contributed by atoms with Gasteiger partial charge in [-0.25, -0.2) is 0 Å². The van der Waals surface area contributed by atoms with E-state index < -0.39 is 6.29 Å². The van der Waals surface area contributed by atoms with Crippen LogP contribution in [0.5, 0.6) is 0 Å². The number of rotatable bonds is 5. The van der Waals surface area contributed by atoms with Crippen molar-refractivity contribution in [2.24, 2.45) is 0 Å². The molecule has 0 radical (unpaired) electrons. The minimum absolute atomic E-state index is 0.259. The van der Waals surface area contributed by atoms with Gasteiger partial charge in [-0.2, -0.15) is 0 Å². The van der Waals surface area contributed by atoms with Gasteiger partial charge in [0.15, 0.2) is 0 Å². The molecule has 0 saturated carbocycles. The van der Waals surface area contributed by atoms with E-state index in [-0.39, 0.29) is 6.61 Å². The first-order valence-corrected chi connectivity index (χ1v) is 2.46. The fourth-order valence-corrected chi connectivity index (χ4v) is 0.361. The molecule has 0 N–H and O–H groups in total. The summed E-state index contributed by atoms with van der Waals surface area (Å²) in [5, 5.41) is 0. The summed E-state index contributed by atoms with van der Waals surface area (Å²) < 4.78 is 13.7. The molecule has 0 aliphatic rings. The summed E-state index contributed by atoms with van der Waals surface area (Å²) >= 11 is 0. The largest absolute Gasteiger partial charge is 0.435 e. The molecule has 0 rings (SSSR count). The van der Waals surface area contributed by atoms with Gasteiger partial charge in [0.05, 0.1) is 0 Å². The van der Waals surface area contributed by atoms with E-state index in [9.17, 15) is 4.79 Å². The molecule has 0 fully saturated rings. The average molecular weight is 134 g/mol. The minimum Gasteiger partial charge on any atom is -0.435 e. The van der Waals surface area contributed by atoms with Crippen molar-refractivity contribution in [3.63, 3.8) is 0 Å². The Hall–Kier alpha value is -0.610. The highest BCUT2D eigenvalue weighted by molar-refractivity contribution is 5.37. The van der Waals surface area contributed by atoms with Crippen LogP contribution in [0.4, 0.5) is 0 Å². The quantitative estimate of drug-likeness (QED) is 0.385. The van der Waals surface area contributed by atoms with Gasteiger partial charge in [-0.05, 0) is 0 Å². The molecule has 9 heavy (non-hydrogen) atoms. The summed E-state index contributed by atoms with van der Waals surface area (Å²) in [6.07, 6.45) is -0.576. The molecule has 0 amide bonds. The second-order valence-corrected chi connectivity index (χ2v) is 1.35. The lowest BCUT2D eigenvalue weighted by Gasteiger charge is -2.10. The van der Waals surface area contributed by atoms with E-state index in [4.69, 9.17) is 0 Å². The zero-order valence-electron chi connectivity index (χ0n) is 5.49. The molecule has 0 aromatic rings. The van der Waals surface area contributed by atoms with E-state index in [1.807, 2.05) is 0 Å². The van der Waals surface area contributed by atoms with Crippen molar-refractivity contribution >= 4 is 6.47 Å². The van der Waals surface area contributed by atoms with Crippen molar-refractivity contribution in [1.29, 1.82) is 0 Å². The Balaban J connectivity index is 3.28. The highest BCUT2D eigenvalue weighted by atomic mass is 16.7. The number of carbonyl (C=O) groups is 1. The monoisotopic (exact) mass is 134 g/mol. The second kappa shape index (κ2) is 5.53. The standard InChI is InChI=1S/C5H10O4/c1-7-3-5(8-2)9-4-6/h4-5H,3H2,1-2H3. The van der Waals surface area contributed by atoms with Crippen molar-refractivity contribution in [2.75, 3.05) is 20.8 Å². The van der Waals surface area contributed by atoms with Gasteiger partial charge in [0.1, 0.15) is 6.61 Å². The minimum atomic E-state index is -0.576. The number of hydrogen-bond donors (Lipinski definition) is 0. The Morgan fingerprint density at radius 2 is 2.22 bits per heavy atom. The summed E-state index contributed by atoms with van der Waals surface area (Å²) in [5.74, 6) is 0. The normalized spacial score (nSPS) is 12.7. The first-order valence-electron chi connectivity index (χ1n) is 2.46. The van der Waals surface area contributed by atoms with Crippen LogP contribution in [0, 0.1) is 0 Å². The van der Waals surface area contributed by atoms with Gasteiger partial charge < -0.3 is 14.2 Å². The maximum Gasteiger partial charge on any atom is 0.295 e. The third-order valence-corrected chi connectivity index (χ3v) is 0.773. The molecule has 0 bridgehead atoms. The number of methoxy groups -OCH3 is 2. The zero-order valence-corrected chi connectivity index (χ0v) is 5.49. The average Bonchev–Trinajstić information content (AvgIpc) is 1.88. The van der Waals surface area contributed by atoms with Gasteiger partial charge in [-0.15, -0.1) is 0 Å². The molecule has 54 valence electrons. The number of hydrogen-bond acceptors (Lipinski definition) is 4. The van der Waals surface area contributed by atoms with Gasteiger partial charge in [0.25, 0.3) is 6.47 Å². The van der Waals surface area contributed by atoms with Crippen LogP contribution in [0.1, 0.15) is 0 Å². The molecule has 0 spiro atoms. The lowest BCUT2D eigenvalue weighted by molar-refractivity contribution is -0.167. The first kappa shape index (κ1) is 8.39. The Morgan fingerprint density at radius 3 is 2.56 bits per heavy atom. The molecule has 0 aromatic carbocycles. The molecule has 4 nitrogen and oxygen atoms in total.